The molecule has 1 fully saturated rings. The van der Waals surface area contributed by atoms with Crippen molar-refractivity contribution < 1.29 is 4.79 Å². The van der Waals surface area contributed by atoms with Crippen LogP contribution < -0.4 is 5.56 Å². The molecule has 2 aromatic heterocycles. The molecular formula is C20H21N3O2S. The molecule has 0 spiro atoms. The Kier molecular flexibility index (Phi) is 4.59. The number of hydrogen-bond acceptors (Lipinski definition) is 4. The fraction of sp³-hybridized carbons (Fsp3) is 0.350. The highest BCUT2D eigenvalue weighted by Crippen LogP contribution is 2.30. The van der Waals surface area contributed by atoms with Crippen LogP contribution in [0.2, 0.25) is 0 Å². The van der Waals surface area contributed by atoms with Gasteiger partial charge in [0.2, 0.25) is 5.91 Å². The highest BCUT2D eigenvalue weighted by molar-refractivity contribution is 7.21. The van der Waals surface area contributed by atoms with E-state index in [0.29, 0.717) is 10.2 Å². The second-order valence-electron chi connectivity index (χ2n) is 6.81. The van der Waals surface area contributed by atoms with Crippen LogP contribution in [0.1, 0.15) is 26.2 Å². The van der Waals surface area contributed by atoms with E-state index in [1.807, 2.05) is 41.3 Å². The largest absolute Gasteiger partial charge is 0.338 e. The quantitative estimate of drug-likeness (QED) is 0.712. The van der Waals surface area contributed by atoms with Gasteiger partial charge in [-0.15, -0.1) is 11.3 Å². The van der Waals surface area contributed by atoms with Gasteiger partial charge in [0.1, 0.15) is 11.4 Å². The number of aromatic nitrogens is 2. The third kappa shape index (κ3) is 3.17. The highest BCUT2D eigenvalue weighted by atomic mass is 32.1. The van der Waals surface area contributed by atoms with Crippen LogP contribution in [-0.2, 0) is 11.3 Å². The molecule has 6 heteroatoms. The van der Waals surface area contributed by atoms with Crippen molar-refractivity contribution in [3.05, 3.63) is 53.1 Å². The Hall–Kier alpha value is -2.47. The van der Waals surface area contributed by atoms with Crippen molar-refractivity contribution in [1.29, 1.82) is 0 Å². The van der Waals surface area contributed by atoms with Crippen molar-refractivity contribution in [2.75, 3.05) is 6.54 Å². The summed E-state index contributed by atoms with van der Waals surface area (Å²) in [4.78, 5) is 33.5. The van der Waals surface area contributed by atoms with Gasteiger partial charge in [0.05, 0.1) is 11.7 Å². The molecule has 0 aliphatic carbocycles. The predicted molar refractivity (Wildman–Crippen MR) is 104 cm³/mol. The number of rotatable bonds is 3. The summed E-state index contributed by atoms with van der Waals surface area (Å²) in [7, 11) is 0. The summed E-state index contributed by atoms with van der Waals surface area (Å²) < 4.78 is 1.44. The second-order valence-corrected chi connectivity index (χ2v) is 7.84. The van der Waals surface area contributed by atoms with Crippen LogP contribution in [0.25, 0.3) is 20.7 Å². The molecular weight excluding hydrogens is 346 g/mol. The Balaban J connectivity index is 1.63. The zero-order valence-corrected chi connectivity index (χ0v) is 15.5. The highest BCUT2D eigenvalue weighted by Gasteiger charge is 2.23. The lowest BCUT2D eigenvalue weighted by molar-refractivity contribution is -0.135. The molecule has 1 atom stereocenters. The van der Waals surface area contributed by atoms with E-state index in [-0.39, 0.29) is 24.1 Å². The molecule has 0 radical (unpaired) electrons. The van der Waals surface area contributed by atoms with Gasteiger partial charge >= 0.3 is 0 Å². The first-order chi connectivity index (χ1) is 12.6. The van der Waals surface area contributed by atoms with Gasteiger partial charge in [-0.05, 0) is 37.8 Å². The van der Waals surface area contributed by atoms with Gasteiger partial charge in [0, 0.05) is 17.5 Å². The number of thiophene rings is 1. The van der Waals surface area contributed by atoms with Crippen molar-refractivity contribution in [2.24, 2.45) is 0 Å². The molecule has 1 aromatic carbocycles. The van der Waals surface area contributed by atoms with Gasteiger partial charge in [-0.2, -0.15) is 0 Å². The third-order valence-electron chi connectivity index (χ3n) is 5.01. The molecule has 1 amide bonds. The average molecular weight is 367 g/mol. The normalized spacial score (nSPS) is 17.6. The number of amides is 1. The molecule has 1 aliphatic heterocycles. The molecule has 0 N–H and O–H groups in total. The number of hydrogen-bond donors (Lipinski definition) is 0. The molecule has 0 saturated carbocycles. The summed E-state index contributed by atoms with van der Waals surface area (Å²) in [5, 5.41) is 0.579. The minimum atomic E-state index is -0.147. The first kappa shape index (κ1) is 17.0. The molecule has 134 valence electrons. The lowest BCUT2D eigenvalue weighted by Gasteiger charge is -2.33. The fourth-order valence-corrected chi connectivity index (χ4v) is 4.52. The molecule has 3 heterocycles. The Morgan fingerprint density at radius 3 is 2.85 bits per heavy atom. The number of carbonyl (C=O) groups excluding carboxylic acids is 1. The van der Waals surface area contributed by atoms with Gasteiger partial charge in [-0.25, -0.2) is 4.98 Å². The van der Waals surface area contributed by atoms with Gasteiger partial charge < -0.3 is 4.90 Å². The average Bonchev–Trinajstić information content (AvgIpc) is 3.10. The zero-order valence-electron chi connectivity index (χ0n) is 14.7. The van der Waals surface area contributed by atoms with Crippen molar-refractivity contribution in [1.82, 2.24) is 14.5 Å². The first-order valence-electron chi connectivity index (χ1n) is 8.97. The van der Waals surface area contributed by atoms with Gasteiger partial charge in [0.15, 0.2) is 0 Å². The Bertz CT molecular complexity index is 993. The van der Waals surface area contributed by atoms with E-state index in [1.54, 1.807) is 0 Å². The van der Waals surface area contributed by atoms with Gasteiger partial charge in [-0.1, -0.05) is 30.3 Å². The summed E-state index contributed by atoms with van der Waals surface area (Å²) >= 11 is 1.50. The summed E-state index contributed by atoms with van der Waals surface area (Å²) in [5.41, 5.74) is 0.922. The molecule has 5 nitrogen and oxygen atoms in total. The van der Waals surface area contributed by atoms with E-state index < -0.39 is 0 Å². The smallest absolute Gasteiger partial charge is 0.262 e. The maximum atomic E-state index is 12.8. The number of piperidine rings is 1. The number of benzene rings is 1. The fourth-order valence-electron chi connectivity index (χ4n) is 3.52. The Labute approximate surface area is 155 Å². The van der Waals surface area contributed by atoms with Crippen LogP contribution in [0.3, 0.4) is 0 Å². The minimum Gasteiger partial charge on any atom is -0.338 e. The van der Waals surface area contributed by atoms with Crippen molar-refractivity contribution in [3.8, 4) is 10.4 Å². The topological polar surface area (TPSA) is 55.2 Å². The van der Waals surface area contributed by atoms with E-state index in [1.165, 1.54) is 22.2 Å². The molecule has 1 unspecified atom stereocenters. The lowest BCUT2D eigenvalue weighted by Crippen LogP contribution is -2.44. The summed E-state index contributed by atoms with van der Waals surface area (Å²) in [5.74, 6) is -0.000961. The summed E-state index contributed by atoms with van der Waals surface area (Å²) in [6, 6.07) is 12.1. The first-order valence-corrected chi connectivity index (χ1v) is 9.79. The van der Waals surface area contributed by atoms with Crippen LogP contribution >= 0.6 is 11.3 Å². The van der Waals surface area contributed by atoms with Crippen LogP contribution in [0.5, 0.6) is 0 Å². The lowest BCUT2D eigenvalue weighted by atomic mass is 10.0. The number of likely N-dealkylation sites (tertiary alicyclic amines) is 1. The van der Waals surface area contributed by atoms with E-state index in [4.69, 9.17) is 0 Å². The van der Waals surface area contributed by atoms with Crippen LogP contribution in [0.4, 0.5) is 0 Å². The molecule has 0 bridgehead atoms. The van der Waals surface area contributed by atoms with Gasteiger partial charge in [0.25, 0.3) is 5.56 Å². The second kappa shape index (κ2) is 7.03. The molecule has 3 aromatic rings. The van der Waals surface area contributed by atoms with E-state index in [9.17, 15) is 9.59 Å². The molecule has 1 aliphatic rings. The number of fused-ring (bicyclic) bond motifs is 1. The maximum absolute atomic E-state index is 12.8. The van der Waals surface area contributed by atoms with Crippen molar-refractivity contribution in [2.45, 2.75) is 38.8 Å². The number of nitrogens with zero attached hydrogens (tertiary/aromatic N) is 3. The van der Waals surface area contributed by atoms with E-state index >= 15 is 0 Å². The van der Waals surface area contributed by atoms with E-state index in [2.05, 4.69) is 11.9 Å². The van der Waals surface area contributed by atoms with Gasteiger partial charge in [-0.3, -0.25) is 14.2 Å². The third-order valence-corrected chi connectivity index (χ3v) is 6.10. The maximum Gasteiger partial charge on any atom is 0.262 e. The predicted octanol–water partition coefficient (Wildman–Crippen LogP) is 3.53. The van der Waals surface area contributed by atoms with Crippen molar-refractivity contribution >= 4 is 27.5 Å². The van der Waals surface area contributed by atoms with E-state index in [0.717, 1.165) is 36.2 Å². The molecule has 4 rings (SSSR count). The number of carbonyl (C=O) groups is 1. The summed E-state index contributed by atoms with van der Waals surface area (Å²) in [6.07, 6.45) is 4.73. The van der Waals surface area contributed by atoms with Crippen molar-refractivity contribution in [3.63, 3.8) is 0 Å². The minimum absolute atomic E-state index is 0.000961. The monoisotopic (exact) mass is 367 g/mol. The molecule has 26 heavy (non-hydrogen) atoms. The SMILES string of the molecule is CC1CCCCN1C(=O)Cn1cnc2sc(-c3ccccc3)cc2c1=O. The van der Waals surface area contributed by atoms with Crippen LogP contribution in [0.15, 0.2) is 47.5 Å². The molecule has 1 saturated heterocycles. The summed E-state index contributed by atoms with van der Waals surface area (Å²) in [6.45, 7) is 2.91. The Morgan fingerprint density at radius 1 is 1.27 bits per heavy atom. The van der Waals surface area contributed by atoms with Crippen LogP contribution in [0, 0.1) is 0 Å². The zero-order chi connectivity index (χ0) is 18.1. The Morgan fingerprint density at radius 2 is 2.08 bits per heavy atom. The van der Waals surface area contributed by atoms with Crippen LogP contribution in [-0.4, -0.2) is 32.9 Å². The standard InChI is InChI=1S/C20H21N3O2S/c1-14-7-5-6-10-23(14)18(24)12-22-13-21-19-16(20(22)25)11-17(26-19)15-8-3-2-4-9-15/h2-4,8-9,11,13-14H,5-7,10,12H2,1H3.